The van der Waals surface area contributed by atoms with Gasteiger partial charge in [0.25, 0.3) is 0 Å². The Bertz CT molecular complexity index is 817. The van der Waals surface area contributed by atoms with Crippen LogP contribution < -0.4 is 15.2 Å². The Labute approximate surface area is 163 Å². The number of nitrogens with two attached hydrogens (primary N) is 1. The van der Waals surface area contributed by atoms with Crippen LogP contribution in [0.4, 0.5) is 5.69 Å². The fourth-order valence-corrected chi connectivity index (χ4v) is 5.28. The smallest absolute Gasteiger partial charge is 0.336 e. The lowest BCUT2D eigenvalue weighted by atomic mass is 9.96. The number of hydrogen-bond acceptors (Lipinski definition) is 6. The Hall–Kier alpha value is -0.620. The van der Waals surface area contributed by atoms with Crippen molar-refractivity contribution >= 4 is 49.2 Å². The minimum absolute atomic E-state index is 0.00776. The Morgan fingerprint density at radius 2 is 1.65 bits per heavy atom. The van der Waals surface area contributed by atoms with E-state index in [9.17, 15) is 16.8 Å². The maximum absolute atomic E-state index is 12.2. The Kier molecular flexibility index (Phi) is 7.54. The van der Waals surface area contributed by atoms with E-state index in [1.807, 2.05) is 0 Å². The van der Waals surface area contributed by atoms with E-state index in [1.54, 1.807) is 0 Å². The van der Waals surface area contributed by atoms with Gasteiger partial charge in [-0.1, -0.05) is 42.5 Å². The molecule has 0 aliphatic heterocycles. The van der Waals surface area contributed by atoms with Crippen LogP contribution in [0.1, 0.15) is 32.1 Å². The van der Waals surface area contributed by atoms with Crippen molar-refractivity contribution in [2.75, 3.05) is 18.9 Å². The summed E-state index contributed by atoms with van der Waals surface area (Å²) in [6.07, 6.45) is 4.58. The summed E-state index contributed by atoms with van der Waals surface area (Å²) in [6.45, 7) is -0.592. The molecule has 26 heavy (non-hydrogen) atoms. The van der Waals surface area contributed by atoms with Gasteiger partial charge in [0.15, 0.2) is 0 Å². The van der Waals surface area contributed by atoms with E-state index in [-0.39, 0.29) is 39.8 Å². The minimum atomic E-state index is -3.94. The summed E-state index contributed by atoms with van der Waals surface area (Å²) < 4.78 is 57.6. The molecule has 0 heterocycles. The number of benzene rings is 1. The van der Waals surface area contributed by atoms with Gasteiger partial charge in [0.2, 0.25) is 10.0 Å². The van der Waals surface area contributed by atoms with Crippen molar-refractivity contribution in [2.45, 2.75) is 43.0 Å². The van der Waals surface area contributed by atoms with Crippen molar-refractivity contribution < 1.29 is 21.0 Å². The van der Waals surface area contributed by atoms with Gasteiger partial charge in [-0.15, -0.1) is 0 Å². The molecule has 1 aromatic rings. The third-order valence-corrected chi connectivity index (χ3v) is 7.08. The van der Waals surface area contributed by atoms with Crippen molar-refractivity contribution in [1.29, 1.82) is 0 Å². The number of sulfonamides is 1. The van der Waals surface area contributed by atoms with Crippen LogP contribution in [0, 0.1) is 0 Å². The number of anilines is 1. The maximum atomic E-state index is 12.2. The molecule has 0 amide bonds. The summed E-state index contributed by atoms with van der Waals surface area (Å²) in [5.41, 5.74) is 5.65. The number of rotatable bonds is 8. The molecule has 0 aromatic heterocycles. The van der Waals surface area contributed by atoms with Gasteiger partial charge in [-0.3, -0.25) is 4.18 Å². The highest BCUT2D eigenvalue weighted by molar-refractivity contribution is 7.89. The molecule has 0 radical (unpaired) electrons. The molecule has 4 N–H and O–H groups in total. The van der Waals surface area contributed by atoms with Crippen LogP contribution >= 0.6 is 23.2 Å². The zero-order valence-corrected chi connectivity index (χ0v) is 17.0. The average Bonchev–Trinajstić information content (AvgIpc) is 2.56. The SMILES string of the molecule is Nc1c(Cl)cc(S(=O)(=O)NCCOS(=O)(=O)NC2CCCCC2)cc1Cl. The van der Waals surface area contributed by atoms with Gasteiger partial charge < -0.3 is 5.73 Å². The fraction of sp³-hybridized carbons (Fsp3) is 0.571. The van der Waals surface area contributed by atoms with Crippen molar-refractivity contribution in [3.05, 3.63) is 22.2 Å². The van der Waals surface area contributed by atoms with Crippen LogP contribution in [0.25, 0.3) is 0 Å². The normalized spacial score (nSPS) is 16.7. The molecule has 1 fully saturated rings. The second-order valence-electron chi connectivity index (χ2n) is 5.93. The summed E-state index contributed by atoms with van der Waals surface area (Å²) in [7, 11) is -7.86. The van der Waals surface area contributed by atoms with E-state index in [0.29, 0.717) is 0 Å². The van der Waals surface area contributed by atoms with Crippen molar-refractivity contribution in [3.63, 3.8) is 0 Å². The van der Waals surface area contributed by atoms with E-state index in [0.717, 1.165) is 44.2 Å². The zero-order valence-electron chi connectivity index (χ0n) is 13.9. The molecule has 1 aromatic carbocycles. The van der Waals surface area contributed by atoms with Gasteiger partial charge in [-0.2, -0.15) is 13.1 Å². The lowest BCUT2D eigenvalue weighted by molar-refractivity contribution is 0.303. The summed E-state index contributed by atoms with van der Waals surface area (Å²) in [5, 5.41) is 0.0155. The second kappa shape index (κ2) is 9.05. The fourth-order valence-electron chi connectivity index (χ4n) is 2.59. The molecule has 1 aliphatic rings. The van der Waals surface area contributed by atoms with Gasteiger partial charge in [-0.25, -0.2) is 13.1 Å². The highest BCUT2D eigenvalue weighted by Crippen LogP contribution is 2.30. The van der Waals surface area contributed by atoms with Crippen LogP contribution in [-0.2, 0) is 24.5 Å². The van der Waals surface area contributed by atoms with Crippen LogP contribution in [0.5, 0.6) is 0 Å². The predicted octanol–water partition coefficient (Wildman–Crippen LogP) is 2.04. The number of halogens is 2. The van der Waals surface area contributed by atoms with Gasteiger partial charge in [0, 0.05) is 12.6 Å². The molecule has 0 unspecified atom stereocenters. The third-order valence-electron chi connectivity index (χ3n) is 3.91. The Balaban J connectivity index is 1.86. The minimum Gasteiger partial charge on any atom is -0.396 e. The molecular weight excluding hydrogens is 425 g/mol. The summed E-state index contributed by atoms with van der Waals surface area (Å²) in [4.78, 5) is -0.176. The van der Waals surface area contributed by atoms with Gasteiger partial charge in [0.05, 0.1) is 27.2 Å². The monoisotopic (exact) mass is 445 g/mol. The number of nitrogen functional groups attached to an aromatic ring is 1. The summed E-state index contributed by atoms with van der Waals surface area (Å²) in [6, 6.07) is 2.19. The predicted molar refractivity (Wildman–Crippen MR) is 101 cm³/mol. The van der Waals surface area contributed by atoms with Crippen molar-refractivity contribution in [2.24, 2.45) is 0 Å². The quantitative estimate of drug-likeness (QED) is 0.414. The van der Waals surface area contributed by atoms with Crippen molar-refractivity contribution in [1.82, 2.24) is 9.44 Å². The topological polar surface area (TPSA) is 128 Å². The van der Waals surface area contributed by atoms with E-state index >= 15 is 0 Å². The zero-order chi connectivity index (χ0) is 19.4. The van der Waals surface area contributed by atoms with Gasteiger partial charge in [-0.05, 0) is 25.0 Å². The standard InChI is InChI=1S/C14H21Cl2N3O5S2/c15-12-8-11(9-13(16)14(12)17)25(20,21)18-6-7-24-26(22,23)19-10-4-2-1-3-5-10/h8-10,18-19H,1-7,17H2. The second-order valence-corrected chi connectivity index (χ2v) is 9.89. The van der Waals surface area contributed by atoms with Gasteiger partial charge >= 0.3 is 10.3 Å². The first-order chi connectivity index (χ1) is 12.1. The molecule has 8 nitrogen and oxygen atoms in total. The van der Waals surface area contributed by atoms with E-state index in [1.165, 1.54) is 0 Å². The van der Waals surface area contributed by atoms with E-state index in [2.05, 4.69) is 9.44 Å². The molecule has 12 heteroatoms. The summed E-state index contributed by atoms with van der Waals surface area (Å²) in [5.74, 6) is 0. The van der Waals surface area contributed by atoms with Crippen LogP contribution in [0.3, 0.4) is 0 Å². The largest absolute Gasteiger partial charge is 0.396 e. The first kappa shape index (κ1) is 21.7. The summed E-state index contributed by atoms with van der Waals surface area (Å²) >= 11 is 11.6. The lowest BCUT2D eigenvalue weighted by Crippen LogP contribution is -2.38. The van der Waals surface area contributed by atoms with Crippen molar-refractivity contribution in [3.8, 4) is 0 Å². The van der Waals surface area contributed by atoms with Gasteiger partial charge in [0.1, 0.15) is 0 Å². The molecule has 148 valence electrons. The molecule has 0 spiro atoms. The number of hydrogen-bond donors (Lipinski definition) is 3. The van der Waals surface area contributed by atoms with Crippen LogP contribution in [0.15, 0.2) is 17.0 Å². The van der Waals surface area contributed by atoms with E-state index in [4.69, 9.17) is 33.1 Å². The Morgan fingerprint density at radius 1 is 1.08 bits per heavy atom. The number of nitrogens with one attached hydrogen (secondary N) is 2. The third kappa shape index (κ3) is 6.22. The first-order valence-electron chi connectivity index (χ1n) is 8.01. The lowest BCUT2D eigenvalue weighted by Gasteiger charge is -2.22. The average molecular weight is 446 g/mol. The molecular formula is C14H21Cl2N3O5S2. The molecule has 0 atom stereocenters. The maximum Gasteiger partial charge on any atom is 0.336 e. The molecule has 2 rings (SSSR count). The highest BCUT2D eigenvalue weighted by atomic mass is 35.5. The first-order valence-corrected chi connectivity index (χ1v) is 11.7. The van der Waals surface area contributed by atoms with E-state index < -0.39 is 20.3 Å². The Morgan fingerprint density at radius 3 is 2.23 bits per heavy atom. The van der Waals surface area contributed by atoms with Crippen LogP contribution in [-0.4, -0.2) is 36.0 Å². The highest BCUT2D eigenvalue weighted by Gasteiger charge is 2.21. The molecule has 1 saturated carbocycles. The molecule has 0 bridgehead atoms. The van der Waals surface area contributed by atoms with Crippen LogP contribution in [0.2, 0.25) is 10.0 Å². The molecule has 0 saturated heterocycles. The molecule has 1 aliphatic carbocycles.